The van der Waals surface area contributed by atoms with Crippen molar-refractivity contribution in [3.63, 3.8) is 0 Å². The monoisotopic (exact) mass is 388 g/mol. The maximum absolute atomic E-state index is 13.7. The molecule has 3 rings (SSSR count). The summed E-state index contributed by atoms with van der Waals surface area (Å²) < 4.78 is 38.1. The number of aromatic nitrogens is 1. The maximum Gasteiger partial charge on any atom is 0.411 e. The summed E-state index contributed by atoms with van der Waals surface area (Å²) in [4.78, 5) is 17.2. The number of carboxylic acid groups (broad SMARTS) is 1. The van der Waals surface area contributed by atoms with Gasteiger partial charge in [0.2, 0.25) is 0 Å². The molecule has 0 aliphatic heterocycles. The second-order valence-corrected chi connectivity index (χ2v) is 7.97. The lowest BCUT2D eigenvalue weighted by atomic mass is 10.1. The van der Waals surface area contributed by atoms with Crippen molar-refractivity contribution in [3.05, 3.63) is 54.3 Å². The molecule has 0 saturated carbocycles. The standard InChI is InChI=1S/C19H17FN2O4S/c1-3-22(19(23)24)16-10-12-8-9-13(20)11-15(12)21-18(16)14-6-4-5-7-17(14)27(2,25)26/h4-11H,3H2,1-2H3,(H,23,24). The summed E-state index contributed by atoms with van der Waals surface area (Å²) in [7, 11) is -3.59. The Balaban J connectivity index is 2.42. The Morgan fingerprint density at radius 3 is 2.52 bits per heavy atom. The van der Waals surface area contributed by atoms with Gasteiger partial charge in [0.1, 0.15) is 5.82 Å². The minimum absolute atomic E-state index is 0.0240. The van der Waals surface area contributed by atoms with E-state index < -0.39 is 21.7 Å². The zero-order valence-corrected chi connectivity index (χ0v) is 15.5. The average molecular weight is 388 g/mol. The number of amides is 1. The summed E-state index contributed by atoms with van der Waals surface area (Å²) in [5, 5.41) is 10.1. The predicted molar refractivity (Wildman–Crippen MR) is 101 cm³/mol. The number of hydrogen-bond donors (Lipinski definition) is 1. The molecule has 0 aliphatic carbocycles. The van der Waals surface area contributed by atoms with Crippen LogP contribution in [0.3, 0.4) is 0 Å². The molecule has 1 amide bonds. The number of halogens is 1. The second-order valence-electron chi connectivity index (χ2n) is 5.99. The van der Waals surface area contributed by atoms with Crippen LogP contribution in [-0.4, -0.2) is 37.4 Å². The fourth-order valence-corrected chi connectivity index (χ4v) is 3.82. The number of hydrogen-bond acceptors (Lipinski definition) is 4. The molecule has 8 heteroatoms. The molecule has 1 heterocycles. The van der Waals surface area contributed by atoms with Crippen molar-refractivity contribution in [2.24, 2.45) is 0 Å². The van der Waals surface area contributed by atoms with E-state index in [1.54, 1.807) is 31.2 Å². The van der Waals surface area contributed by atoms with Gasteiger partial charge in [0.25, 0.3) is 0 Å². The molecule has 1 N–H and O–H groups in total. The largest absolute Gasteiger partial charge is 0.465 e. The highest BCUT2D eigenvalue weighted by atomic mass is 32.2. The molecule has 0 radical (unpaired) electrons. The van der Waals surface area contributed by atoms with Gasteiger partial charge >= 0.3 is 6.09 Å². The Kier molecular flexibility index (Phi) is 4.84. The van der Waals surface area contributed by atoms with Gasteiger partial charge in [-0.1, -0.05) is 18.2 Å². The Morgan fingerprint density at radius 2 is 1.89 bits per heavy atom. The van der Waals surface area contributed by atoms with Crippen LogP contribution in [0.4, 0.5) is 14.9 Å². The highest BCUT2D eigenvalue weighted by Gasteiger charge is 2.23. The number of fused-ring (bicyclic) bond motifs is 1. The van der Waals surface area contributed by atoms with E-state index >= 15 is 0 Å². The third-order valence-electron chi connectivity index (χ3n) is 4.14. The van der Waals surface area contributed by atoms with Crippen molar-refractivity contribution < 1.29 is 22.7 Å². The van der Waals surface area contributed by atoms with E-state index in [0.717, 1.165) is 11.2 Å². The maximum atomic E-state index is 13.7. The number of rotatable bonds is 4. The molecule has 0 aliphatic rings. The third-order valence-corrected chi connectivity index (χ3v) is 5.29. The molecule has 0 atom stereocenters. The van der Waals surface area contributed by atoms with E-state index in [4.69, 9.17) is 0 Å². The normalized spacial score (nSPS) is 11.5. The number of benzene rings is 2. The van der Waals surface area contributed by atoms with Crippen LogP contribution < -0.4 is 4.90 Å². The highest BCUT2D eigenvalue weighted by molar-refractivity contribution is 7.90. The topological polar surface area (TPSA) is 87.6 Å². The molecule has 140 valence electrons. The first-order valence-corrected chi connectivity index (χ1v) is 10.0. The fourth-order valence-electron chi connectivity index (χ4n) is 2.93. The molecular formula is C19H17FN2O4S. The second kappa shape index (κ2) is 6.96. The molecule has 3 aromatic rings. The highest BCUT2D eigenvalue weighted by Crippen LogP contribution is 2.36. The average Bonchev–Trinajstić information content (AvgIpc) is 2.61. The molecule has 0 saturated heterocycles. The minimum atomic E-state index is -3.59. The summed E-state index contributed by atoms with van der Waals surface area (Å²) in [5.74, 6) is -0.490. The van der Waals surface area contributed by atoms with Gasteiger partial charge in [0, 0.05) is 29.8 Å². The first-order valence-electron chi connectivity index (χ1n) is 8.12. The number of pyridine rings is 1. The molecular weight excluding hydrogens is 371 g/mol. The van der Waals surface area contributed by atoms with Gasteiger partial charge in [-0.25, -0.2) is 22.6 Å². The van der Waals surface area contributed by atoms with Gasteiger partial charge in [-0.3, -0.25) is 4.90 Å². The zero-order chi connectivity index (χ0) is 19.8. The van der Waals surface area contributed by atoms with Gasteiger partial charge in [0.15, 0.2) is 9.84 Å². The van der Waals surface area contributed by atoms with Crippen LogP contribution in [0.1, 0.15) is 6.92 Å². The first-order chi connectivity index (χ1) is 12.7. The SMILES string of the molecule is CCN(C(=O)O)c1cc2ccc(F)cc2nc1-c1ccccc1S(C)(=O)=O. The number of nitrogens with zero attached hydrogens (tertiary/aromatic N) is 2. The summed E-state index contributed by atoms with van der Waals surface area (Å²) in [6.07, 6.45) is -0.125. The van der Waals surface area contributed by atoms with Gasteiger partial charge in [-0.05, 0) is 31.2 Å². The Morgan fingerprint density at radius 1 is 1.19 bits per heavy atom. The van der Waals surface area contributed by atoms with Gasteiger partial charge in [-0.15, -0.1) is 0 Å². The van der Waals surface area contributed by atoms with Gasteiger partial charge in [-0.2, -0.15) is 0 Å². The fraction of sp³-hybridized carbons (Fsp3) is 0.158. The quantitative estimate of drug-likeness (QED) is 0.731. The van der Waals surface area contributed by atoms with E-state index in [1.165, 1.54) is 24.3 Å². The van der Waals surface area contributed by atoms with Crippen molar-refractivity contribution in [1.82, 2.24) is 4.98 Å². The van der Waals surface area contributed by atoms with Crippen molar-refractivity contribution in [2.75, 3.05) is 17.7 Å². The van der Waals surface area contributed by atoms with E-state index in [2.05, 4.69) is 4.98 Å². The van der Waals surface area contributed by atoms with Crippen molar-refractivity contribution in [3.8, 4) is 11.3 Å². The van der Waals surface area contributed by atoms with Crippen LogP contribution in [0.25, 0.3) is 22.2 Å². The Hall–Kier alpha value is -3.00. The van der Waals surface area contributed by atoms with Crippen molar-refractivity contribution in [1.29, 1.82) is 0 Å². The van der Waals surface area contributed by atoms with Crippen molar-refractivity contribution in [2.45, 2.75) is 11.8 Å². The number of anilines is 1. The molecule has 0 fully saturated rings. The third kappa shape index (κ3) is 3.61. The lowest BCUT2D eigenvalue weighted by Gasteiger charge is -2.21. The van der Waals surface area contributed by atoms with E-state index in [9.17, 15) is 22.7 Å². The molecule has 1 aromatic heterocycles. The van der Waals surface area contributed by atoms with E-state index in [-0.39, 0.29) is 28.4 Å². The van der Waals surface area contributed by atoms with Crippen LogP contribution in [0, 0.1) is 5.82 Å². The number of sulfone groups is 1. The minimum Gasteiger partial charge on any atom is -0.465 e. The van der Waals surface area contributed by atoms with Crippen LogP contribution in [0.15, 0.2) is 53.4 Å². The molecule has 0 unspecified atom stereocenters. The van der Waals surface area contributed by atoms with E-state index in [0.29, 0.717) is 10.9 Å². The lowest BCUT2D eigenvalue weighted by molar-refractivity contribution is 0.202. The molecule has 27 heavy (non-hydrogen) atoms. The summed E-state index contributed by atoms with van der Waals surface area (Å²) in [6, 6.07) is 11.8. The van der Waals surface area contributed by atoms with Crippen LogP contribution >= 0.6 is 0 Å². The molecule has 0 spiro atoms. The summed E-state index contributed by atoms with van der Waals surface area (Å²) in [6.45, 7) is 1.80. The molecule has 6 nitrogen and oxygen atoms in total. The number of carbonyl (C=O) groups is 1. The smallest absolute Gasteiger partial charge is 0.411 e. The predicted octanol–water partition coefficient (Wildman–Crippen LogP) is 3.95. The van der Waals surface area contributed by atoms with Crippen LogP contribution in [-0.2, 0) is 9.84 Å². The van der Waals surface area contributed by atoms with Crippen LogP contribution in [0.2, 0.25) is 0 Å². The Labute approximate surface area is 155 Å². The van der Waals surface area contributed by atoms with Gasteiger partial charge < -0.3 is 5.11 Å². The zero-order valence-electron chi connectivity index (χ0n) is 14.7. The van der Waals surface area contributed by atoms with Crippen LogP contribution in [0.5, 0.6) is 0 Å². The summed E-state index contributed by atoms with van der Waals surface area (Å²) in [5.41, 5.74) is 0.970. The lowest BCUT2D eigenvalue weighted by Crippen LogP contribution is -2.29. The van der Waals surface area contributed by atoms with Crippen molar-refractivity contribution >= 4 is 32.5 Å². The molecule has 0 bridgehead atoms. The van der Waals surface area contributed by atoms with E-state index in [1.807, 2.05) is 0 Å². The van der Waals surface area contributed by atoms with Gasteiger partial charge in [0.05, 0.1) is 21.8 Å². The first kappa shape index (κ1) is 18.8. The molecule has 2 aromatic carbocycles. The summed E-state index contributed by atoms with van der Waals surface area (Å²) >= 11 is 0. The Bertz CT molecular complexity index is 1150.